The molecule has 0 amide bonds. The minimum atomic E-state index is -0.668. The van der Waals surface area contributed by atoms with Crippen molar-refractivity contribution in [1.82, 2.24) is 4.57 Å². The van der Waals surface area contributed by atoms with Crippen molar-refractivity contribution in [3.63, 3.8) is 0 Å². The van der Waals surface area contributed by atoms with Crippen LogP contribution in [0.3, 0.4) is 0 Å². The molecule has 0 spiro atoms. The lowest BCUT2D eigenvalue weighted by atomic mass is 10.0. The number of nitrogen functional groups attached to an aromatic ring is 1. The van der Waals surface area contributed by atoms with Crippen molar-refractivity contribution in [2.75, 3.05) is 12.3 Å². The zero-order valence-corrected chi connectivity index (χ0v) is 14.7. The van der Waals surface area contributed by atoms with E-state index in [0.29, 0.717) is 33.2 Å². The summed E-state index contributed by atoms with van der Waals surface area (Å²) in [5.74, 6) is -0.606. The van der Waals surface area contributed by atoms with Crippen LogP contribution in [0.2, 0.25) is 0 Å². The minimum Gasteiger partial charge on any atom is -0.462 e. The summed E-state index contributed by atoms with van der Waals surface area (Å²) in [7, 11) is 0. The number of hydrogen-bond donors (Lipinski definition) is 1. The van der Waals surface area contributed by atoms with Crippen LogP contribution in [0, 0.1) is 5.82 Å². The largest absolute Gasteiger partial charge is 0.462 e. The smallest absolute Gasteiger partial charge is 0.344 e. The Morgan fingerprint density at radius 2 is 2.04 bits per heavy atom. The number of fused-ring (bicyclic) bond motifs is 3. The molecule has 2 aromatic carbocycles. The predicted molar refractivity (Wildman–Crippen MR) is 99.8 cm³/mol. The van der Waals surface area contributed by atoms with Crippen molar-refractivity contribution in [3.8, 4) is 11.1 Å². The van der Waals surface area contributed by atoms with E-state index in [2.05, 4.69) is 0 Å². The lowest BCUT2D eigenvalue weighted by Crippen LogP contribution is -2.27. The maximum absolute atomic E-state index is 14.7. The number of rotatable bonds is 3. The fourth-order valence-corrected chi connectivity index (χ4v) is 3.99. The topological polar surface area (TPSA) is 74.3 Å². The maximum atomic E-state index is 14.7. The Labute approximate surface area is 152 Å². The summed E-state index contributed by atoms with van der Waals surface area (Å²) in [5.41, 5.74) is 7.41. The minimum absolute atomic E-state index is 0.0183. The molecule has 0 bridgehead atoms. The van der Waals surface area contributed by atoms with E-state index in [-0.39, 0.29) is 17.6 Å². The first-order valence-corrected chi connectivity index (χ1v) is 9.05. The van der Waals surface area contributed by atoms with Crippen molar-refractivity contribution in [3.05, 3.63) is 58.0 Å². The van der Waals surface area contributed by atoms with Crippen LogP contribution in [0.1, 0.15) is 17.3 Å². The molecule has 1 aliphatic rings. The van der Waals surface area contributed by atoms with E-state index in [1.807, 2.05) is 4.57 Å². The van der Waals surface area contributed by atoms with Gasteiger partial charge in [-0.1, -0.05) is 23.9 Å². The molecule has 0 fully saturated rings. The predicted octanol–water partition coefficient (Wildman–Crippen LogP) is 3.63. The SMILES string of the molecule is CCOC(=O)c1c2n(c3cc(-c4ccc(N)cc4)c(F)cc3c1=O)CS2. The van der Waals surface area contributed by atoms with Gasteiger partial charge in [-0.2, -0.15) is 0 Å². The average Bonchev–Trinajstić information content (AvgIpc) is 2.59. The van der Waals surface area contributed by atoms with Crippen LogP contribution in [0.5, 0.6) is 0 Å². The third kappa shape index (κ3) is 2.47. The lowest BCUT2D eigenvalue weighted by Gasteiger charge is -2.26. The number of ether oxygens (including phenoxy) is 1. The molecule has 4 rings (SSSR count). The number of aromatic nitrogens is 1. The van der Waals surface area contributed by atoms with E-state index >= 15 is 0 Å². The highest BCUT2D eigenvalue weighted by Crippen LogP contribution is 2.38. The van der Waals surface area contributed by atoms with Crippen LogP contribution in [-0.2, 0) is 10.6 Å². The first-order valence-electron chi connectivity index (χ1n) is 8.07. The molecule has 0 aliphatic carbocycles. The van der Waals surface area contributed by atoms with E-state index in [0.717, 1.165) is 0 Å². The standard InChI is InChI=1S/C19H15FN2O3S/c1-2-25-19(24)16-17(23)13-7-14(20)12(10-3-5-11(21)6-4-10)8-15(13)22-9-26-18(16)22/h3-8H,2,9,21H2,1H3. The van der Waals surface area contributed by atoms with Gasteiger partial charge >= 0.3 is 5.97 Å². The number of thioether (sulfide) groups is 1. The highest BCUT2D eigenvalue weighted by atomic mass is 32.2. The van der Waals surface area contributed by atoms with E-state index < -0.39 is 17.2 Å². The average molecular weight is 370 g/mol. The second kappa shape index (κ2) is 6.17. The molecule has 1 aromatic heterocycles. The van der Waals surface area contributed by atoms with Crippen LogP contribution < -0.4 is 11.2 Å². The number of pyridine rings is 1. The molecule has 0 saturated carbocycles. The fourth-order valence-electron chi connectivity index (χ4n) is 3.05. The first-order chi connectivity index (χ1) is 12.5. The number of hydrogen-bond acceptors (Lipinski definition) is 5. The first kappa shape index (κ1) is 16.7. The molecule has 26 heavy (non-hydrogen) atoms. The molecule has 2 heterocycles. The molecule has 0 unspecified atom stereocenters. The van der Waals surface area contributed by atoms with Gasteiger partial charge in [0.15, 0.2) is 0 Å². The third-order valence-corrected chi connectivity index (χ3v) is 5.42. The molecule has 1 aliphatic heterocycles. The highest BCUT2D eigenvalue weighted by molar-refractivity contribution is 7.99. The second-order valence-electron chi connectivity index (χ2n) is 5.90. The van der Waals surface area contributed by atoms with Gasteiger partial charge in [0.2, 0.25) is 5.43 Å². The monoisotopic (exact) mass is 370 g/mol. The third-order valence-electron chi connectivity index (χ3n) is 4.34. The molecule has 5 nitrogen and oxygen atoms in total. The number of halogens is 1. The van der Waals surface area contributed by atoms with Crippen LogP contribution in [0.4, 0.5) is 10.1 Å². The lowest BCUT2D eigenvalue weighted by molar-refractivity contribution is 0.0518. The molecule has 7 heteroatoms. The van der Waals surface area contributed by atoms with E-state index in [1.165, 1.54) is 17.8 Å². The highest BCUT2D eigenvalue weighted by Gasteiger charge is 2.29. The summed E-state index contributed by atoms with van der Waals surface area (Å²) in [4.78, 5) is 25.0. The molecule has 3 aromatic rings. The Morgan fingerprint density at radius 3 is 2.65 bits per heavy atom. The van der Waals surface area contributed by atoms with Gasteiger partial charge in [-0.15, -0.1) is 0 Å². The zero-order valence-electron chi connectivity index (χ0n) is 13.9. The van der Waals surface area contributed by atoms with Crippen LogP contribution in [0.15, 0.2) is 46.2 Å². The normalized spacial score (nSPS) is 12.5. The number of nitrogens with two attached hydrogens (primary N) is 1. The van der Waals surface area contributed by atoms with Gasteiger partial charge in [0.25, 0.3) is 0 Å². The van der Waals surface area contributed by atoms with Gasteiger partial charge in [0.1, 0.15) is 11.4 Å². The molecule has 0 saturated heterocycles. The van der Waals surface area contributed by atoms with Crippen molar-refractivity contribution in [1.29, 1.82) is 0 Å². The number of anilines is 1. The Kier molecular flexibility index (Phi) is 3.96. The summed E-state index contributed by atoms with van der Waals surface area (Å²) in [6.07, 6.45) is 0. The van der Waals surface area contributed by atoms with Gasteiger partial charge in [0.05, 0.1) is 23.0 Å². The Morgan fingerprint density at radius 1 is 1.31 bits per heavy atom. The number of nitrogens with zero attached hydrogens (tertiary/aromatic N) is 1. The number of esters is 1. The van der Waals surface area contributed by atoms with Gasteiger partial charge in [-0.25, -0.2) is 9.18 Å². The molecular weight excluding hydrogens is 355 g/mol. The second-order valence-corrected chi connectivity index (χ2v) is 6.84. The Balaban J connectivity index is 1.97. The quantitative estimate of drug-likeness (QED) is 0.563. The van der Waals surface area contributed by atoms with E-state index in [9.17, 15) is 14.0 Å². The summed E-state index contributed by atoms with van der Waals surface area (Å²) in [5, 5.41) is 0.740. The van der Waals surface area contributed by atoms with Crippen molar-refractivity contribution in [2.24, 2.45) is 0 Å². The van der Waals surface area contributed by atoms with Gasteiger partial charge in [-0.05, 0) is 36.8 Å². The van der Waals surface area contributed by atoms with Crippen molar-refractivity contribution in [2.45, 2.75) is 17.8 Å². The molecule has 0 atom stereocenters. The zero-order chi connectivity index (χ0) is 18.4. The maximum Gasteiger partial charge on any atom is 0.344 e. The van der Waals surface area contributed by atoms with Crippen LogP contribution in [-0.4, -0.2) is 17.1 Å². The van der Waals surface area contributed by atoms with Crippen LogP contribution in [0.25, 0.3) is 22.0 Å². The molecule has 0 radical (unpaired) electrons. The van der Waals surface area contributed by atoms with Crippen molar-refractivity contribution < 1.29 is 13.9 Å². The van der Waals surface area contributed by atoms with Crippen LogP contribution >= 0.6 is 11.8 Å². The summed E-state index contributed by atoms with van der Waals surface area (Å²) in [6, 6.07) is 9.71. The van der Waals surface area contributed by atoms with Gasteiger partial charge in [-0.3, -0.25) is 4.79 Å². The Bertz CT molecular complexity index is 1110. The number of benzene rings is 2. The molecule has 2 N–H and O–H groups in total. The van der Waals surface area contributed by atoms with Gasteiger partial charge < -0.3 is 15.0 Å². The number of carbonyl (C=O) groups is 1. The summed E-state index contributed by atoms with van der Waals surface area (Å²) in [6.45, 7) is 1.85. The molecular formula is C19H15FN2O3S. The van der Waals surface area contributed by atoms with E-state index in [1.54, 1.807) is 37.3 Å². The van der Waals surface area contributed by atoms with E-state index in [4.69, 9.17) is 10.5 Å². The Hall–Kier alpha value is -2.80. The fraction of sp³-hybridized carbons (Fsp3) is 0.158. The summed E-state index contributed by atoms with van der Waals surface area (Å²) >= 11 is 1.40. The molecule has 132 valence electrons. The number of carbonyl (C=O) groups excluding carboxylic acids is 1. The van der Waals surface area contributed by atoms with Crippen molar-refractivity contribution >= 4 is 34.3 Å². The van der Waals surface area contributed by atoms with Gasteiger partial charge in [0, 0.05) is 16.6 Å². The summed E-state index contributed by atoms with van der Waals surface area (Å²) < 4.78 is 21.5.